The van der Waals surface area contributed by atoms with Gasteiger partial charge in [0.2, 0.25) is 5.91 Å². The lowest BCUT2D eigenvalue weighted by molar-refractivity contribution is -0.116. The second-order valence-electron chi connectivity index (χ2n) is 7.24. The number of methoxy groups -OCH3 is 2. The number of hydrogen-bond donors (Lipinski definition) is 2. The maximum atomic E-state index is 14.4. The second-order valence-corrected chi connectivity index (χ2v) is 9.53. The monoisotopic (exact) mass is 526 g/mol. The number of carbonyl (C=O) groups excluding carboxylic acids is 1. The van der Waals surface area contributed by atoms with Gasteiger partial charge in [-0.05, 0) is 42.5 Å². The number of nitrogens with zero attached hydrogens (tertiary/aromatic N) is 1. The van der Waals surface area contributed by atoms with Crippen LogP contribution in [0.3, 0.4) is 0 Å². The van der Waals surface area contributed by atoms with Gasteiger partial charge in [-0.25, -0.2) is 17.2 Å². The Bertz CT molecular complexity index is 1350. The highest BCUT2D eigenvalue weighted by atomic mass is 35.5. The van der Waals surface area contributed by atoms with Crippen LogP contribution in [0.2, 0.25) is 5.02 Å². The van der Waals surface area contributed by atoms with Gasteiger partial charge in [0.1, 0.15) is 24.3 Å². The first-order valence-electron chi connectivity index (χ1n) is 9.95. The molecule has 0 spiro atoms. The summed E-state index contributed by atoms with van der Waals surface area (Å²) in [6, 6.07) is 10.4. The van der Waals surface area contributed by atoms with Crippen LogP contribution in [-0.4, -0.2) is 40.2 Å². The molecule has 0 bridgehead atoms. The van der Waals surface area contributed by atoms with Gasteiger partial charge in [-0.3, -0.25) is 9.10 Å². The molecule has 0 fully saturated rings. The highest BCUT2D eigenvalue weighted by Gasteiger charge is 2.32. The van der Waals surface area contributed by atoms with Gasteiger partial charge in [-0.2, -0.15) is 0 Å². The fourth-order valence-corrected chi connectivity index (χ4v) is 5.10. The third kappa shape index (κ3) is 5.31. The number of benzene rings is 3. The molecule has 0 aromatic heterocycles. The van der Waals surface area contributed by atoms with E-state index in [1.54, 1.807) is 0 Å². The number of primary amides is 1. The van der Waals surface area contributed by atoms with E-state index in [1.165, 1.54) is 44.6 Å². The standard InChI is InChI=1S/C23H21ClF2N2O6S/c1-33-19-9-7-14(11-20(19)34-2)35(31,32)28(12-21(27)29)18-8-6-13(24)10-15(18)23(30)22-16(25)4-3-5-17(22)26/h3-11,23,30H,12H2,1-2H3,(H2,27,29). The van der Waals surface area contributed by atoms with E-state index in [0.29, 0.717) is 4.31 Å². The molecule has 0 heterocycles. The molecule has 0 aliphatic rings. The molecule has 3 N–H and O–H groups in total. The zero-order valence-corrected chi connectivity index (χ0v) is 20.1. The average Bonchev–Trinajstić information content (AvgIpc) is 2.81. The maximum Gasteiger partial charge on any atom is 0.264 e. The van der Waals surface area contributed by atoms with E-state index < -0.39 is 45.8 Å². The van der Waals surface area contributed by atoms with Gasteiger partial charge >= 0.3 is 0 Å². The van der Waals surface area contributed by atoms with E-state index in [-0.39, 0.29) is 32.7 Å². The van der Waals surface area contributed by atoms with Gasteiger partial charge in [0.15, 0.2) is 11.5 Å². The van der Waals surface area contributed by atoms with Crippen molar-refractivity contribution in [3.63, 3.8) is 0 Å². The van der Waals surface area contributed by atoms with E-state index >= 15 is 0 Å². The summed E-state index contributed by atoms with van der Waals surface area (Å²) in [5.41, 5.74) is 4.06. The quantitative estimate of drug-likeness (QED) is 0.441. The molecule has 1 amide bonds. The van der Waals surface area contributed by atoms with Crippen LogP contribution < -0.4 is 19.5 Å². The molecule has 1 atom stereocenters. The van der Waals surface area contributed by atoms with Crippen LogP contribution in [0.15, 0.2) is 59.5 Å². The van der Waals surface area contributed by atoms with Crippen molar-refractivity contribution in [1.82, 2.24) is 0 Å². The van der Waals surface area contributed by atoms with Crippen LogP contribution in [0, 0.1) is 11.6 Å². The number of carbonyl (C=O) groups is 1. The van der Waals surface area contributed by atoms with Crippen molar-refractivity contribution in [3.05, 3.63) is 82.4 Å². The average molecular weight is 527 g/mol. The lowest BCUT2D eigenvalue weighted by atomic mass is 9.98. The van der Waals surface area contributed by atoms with E-state index in [1.807, 2.05) is 0 Å². The second kappa shape index (κ2) is 10.5. The Kier molecular flexibility index (Phi) is 7.83. The Morgan fingerprint density at radius 2 is 1.69 bits per heavy atom. The molecule has 1 unspecified atom stereocenters. The van der Waals surface area contributed by atoms with Crippen molar-refractivity contribution in [2.24, 2.45) is 5.73 Å². The highest BCUT2D eigenvalue weighted by Crippen LogP contribution is 2.38. The van der Waals surface area contributed by atoms with Gasteiger partial charge in [-0.15, -0.1) is 0 Å². The lowest BCUT2D eigenvalue weighted by Gasteiger charge is -2.27. The third-order valence-corrected chi connectivity index (χ3v) is 7.06. The Labute approximate surface area is 205 Å². The van der Waals surface area contributed by atoms with Crippen molar-refractivity contribution in [1.29, 1.82) is 0 Å². The molecule has 3 aromatic carbocycles. The molecule has 8 nitrogen and oxygen atoms in total. The Balaban J connectivity index is 2.24. The summed E-state index contributed by atoms with van der Waals surface area (Å²) in [5.74, 6) is -2.80. The van der Waals surface area contributed by atoms with Crippen molar-refractivity contribution in [3.8, 4) is 11.5 Å². The van der Waals surface area contributed by atoms with Gasteiger partial charge in [0.25, 0.3) is 10.0 Å². The summed E-state index contributed by atoms with van der Waals surface area (Å²) in [7, 11) is -1.84. The number of amides is 1. The Morgan fingerprint density at radius 3 is 2.26 bits per heavy atom. The van der Waals surface area contributed by atoms with Crippen molar-refractivity contribution >= 4 is 33.2 Å². The van der Waals surface area contributed by atoms with E-state index in [2.05, 4.69) is 0 Å². The Morgan fingerprint density at radius 1 is 1.06 bits per heavy atom. The number of anilines is 1. The van der Waals surface area contributed by atoms with Crippen molar-refractivity contribution < 1.29 is 36.6 Å². The largest absolute Gasteiger partial charge is 0.493 e. The number of halogens is 3. The van der Waals surface area contributed by atoms with Crippen LogP contribution >= 0.6 is 11.6 Å². The maximum absolute atomic E-state index is 14.4. The molecule has 3 aromatic rings. The number of aliphatic hydroxyl groups is 1. The van der Waals surface area contributed by atoms with Gasteiger partial charge in [-0.1, -0.05) is 17.7 Å². The minimum absolute atomic E-state index is 0.0436. The number of sulfonamides is 1. The smallest absolute Gasteiger partial charge is 0.264 e. The molecule has 0 aliphatic heterocycles. The number of nitrogens with two attached hydrogens (primary N) is 1. The number of aliphatic hydroxyl groups excluding tert-OH is 1. The van der Waals surface area contributed by atoms with Crippen LogP contribution in [-0.2, 0) is 14.8 Å². The van der Waals surface area contributed by atoms with E-state index in [0.717, 1.165) is 24.3 Å². The molecule has 186 valence electrons. The van der Waals surface area contributed by atoms with Crippen LogP contribution in [0.5, 0.6) is 11.5 Å². The zero-order chi connectivity index (χ0) is 25.9. The summed E-state index contributed by atoms with van der Waals surface area (Å²) >= 11 is 6.05. The first-order chi connectivity index (χ1) is 16.5. The summed E-state index contributed by atoms with van der Waals surface area (Å²) in [5, 5.41) is 11.0. The minimum Gasteiger partial charge on any atom is -0.493 e. The summed E-state index contributed by atoms with van der Waals surface area (Å²) in [4.78, 5) is 11.6. The summed E-state index contributed by atoms with van der Waals surface area (Å²) in [6.45, 7) is -0.849. The molecular weight excluding hydrogens is 506 g/mol. The third-order valence-electron chi connectivity index (χ3n) is 5.07. The van der Waals surface area contributed by atoms with Gasteiger partial charge < -0.3 is 20.3 Å². The predicted molar refractivity (Wildman–Crippen MR) is 125 cm³/mol. The lowest BCUT2D eigenvalue weighted by Crippen LogP contribution is -2.39. The molecule has 0 aliphatic carbocycles. The SMILES string of the molecule is COc1ccc(S(=O)(=O)N(CC(N)=O)c2ccc(Cl)cc2C(O)c2c(F)cccc2F)cc1OC. The normalized spacial score (nSPS) is 12.2. The van der Waals surface area contributed by atoms with Gasteiger partial charge in [0.05, 0.1) is 30.4 Å². The summed E-state index contributed by atoms with van der Waals surface area (Å²) < 4.78 is 67.0. The molecular formula is C23H21ClF2N2O6S. The predicted octanol–water partition coefficient (Wildman–Crippen LogP) is 3.40. The molecule has 35 heavy (non-hydrogen) atoms. The number of hydrogen-bond acceptors (Lipinski definition) is 6. The number of ether oxygens (including phenoxy) is 2. The Hall–Kier alpha value is -3.41. The van der Waals surface area contributed by atoms with E-state index in [4.69, 9.17) is 26.8 Å². The zero-order valence-electron chi connectivity index (χ0n) is 18.5. The van der Waals surface area contributed by atoms with Crippen LogP contribution in [0.25, 0.3) is 0 Å². The molecule has 0 saturated heterocycles. The van der Waals surface area contributed by atoms with E-state index in [9.17, 15) is 27.1 Å². The van der Waals surface area contributed by atoms with Crippen LogP contribution in [0.1, 0.15) is 17.2 Å². The van der Waals surface area contributed by atoms with Crippen molar-refractivity contribution in [2.45, 2.75) is 11.0 Å². The molecule has 0 saturated carbocycles. The van der Waals surface area contributed by atoms with Crippen LogP contribution in [0.4, 0.5) is 14.5 Å². The van der Waals surface area contributed by atoms with Gasteiger partial charge in [0, 0.05) is 16.7 Å². The molecule has 12 heteroatoms. The molecule has 0 radical (unpaired) electrons. The number of rotatable bonds is 9. The fourth-order valence-electron chi connectivity index (χ4n) is 3.44. The fraction of sp³-hybridized carbons (Fsp3) is 0.174. The minimum atomic E-state index is -4.52. The topological polar surface area (TPSA) is 119 Å². The molecule has 3 rings (SSSR count). The highest BCUT2D eigenvalue weighted by molar-refractivity contribution is 7.92. The first kappa shape index (κ1) is 26.2. The first-order valence-corrected chi connectivity index (χ1v) is 11.8. The summed E-state index contributed by atoms with van der Waals surface area (Å²) in [6.07, 6.45) is -1.97. The van der Waals surface area contributed by atoms with Crippen molar-refractivity contribution in [2.75, 3.05) is 25.1 Å².